The van der Waals surface area contributed by atoms with Crippen molar-refractivity contribution in [3.63, 3.8) is 0 Å². The molecule has 1 unspecified atom stereocenters. The van der Waals surface area contributed by atoms with Crippen LogP contribution >= 0.6 is 0 Å². The fourth-order valence-electron chi connectivity index (χ4n) is 3.84. The van der Waals surface area contributed by atoms with E-state index in [1.807, 2.05) is 12.1 Å². The fraction of sp³-hybridized carbons (Fsp3) is 0.500. The SMILES string of the molecule is CCCCCCCCCCOc1ccc(CC(O)c2cccc(CC(=O)O)c2)nc1C=CCO. The van der Waals surface area contributed by atoms with Gasteiger partial charge in [0.1, 0.15) is 11.4 Å². The van der Waals surface area contributed by atoms with Gasteiger partial charge in [-0.2, -0.15) is 0 Å². The molecule has 6 heteroatoms. The van der Waals surface area contributed by atoms with Crippen molar-refractivity contribution in [1.82, 2.24) is 4.98 Å². The van der Waals surface area contributed by atoms with E-state index in [-0.39, 0.29) is 19.4 Å². The third-order valence-corrected chi connectivity index (χ3v) is 5.67. The average Bonchev–Trinajstić information content (AvgIpc) is 2.82. The summed E-state index contributed by atoms with van der Waals surface area (Å²) in [6, 6.07) is 10.7. The molecule has 0 amide bonds. The lowest BCUT2D eigenvalue weighted by molar-refractivity contribution is -0.136. The number of aromatic nitrogens is 1. The molecule has 6 nitrogen and oxygen atoms in total. The Morgan fingerprint density at radius 3 is 2.50 bits per heavy atom. The van der Waals surface area contributed by atoms with Crippen LogP contribution in [0.4, 0.5) is 0 Å². The molecular weight excluding hydrogens is 430 g/mol. The van der Waals surface area contributed by atoms with Gasteiger partial charge in [-0.15, -0.1) is 0 Å². The highest BCUT2D eigenvalue weighted by atomic mass is 16.5. The number of rotatable bonds is 17. The normalized spacial score (nSPS) is 12.2. The zero-order valence-corrected chi connectivity index (χ0v) is 20.3. The van der Waals surface area contributed by atoms with Crippen molar-refractivity contribution in [2.75, 3.05) is 13.2 Å². The number of carbonyl (C=O) groups is 1. The number of hydrogen-bond donors (Lipinski definition) is 3. The first-order valence-electron chi connectivity index (χ1n) is 12.4. The van der Waals surface area contributed by atoms with Crippen LogP contribution in [0.3, 0.4) is 0 Å². The molecule has 2 rings (SSSR count). The van der Waals surface area contributed by atoms with Crippen LogP contribution in [0.15, 0.2) is 42.5 Å². The van der Waals surface area contributed by atoms with Gasteiger partial charge in [-0.3, -0.25) is 4.79 Å². The van der Waals surface area contributed by atoms with E-state index in [2.05, 4.69) is 11.9 Å². The number of pyridine rings is 1. The van der Waals surface area contributed by atoms with Gasteiger partial charge in [-0.1, -0.05) is 82.2 Å². The quantitative estimate of drug-likeness (QED) is 0.264. The van der Waals surface area contributed by atoms with Crippen LogP contribution in [0.25, 0.3) is 6.08 Å². The summed E-state index contributed by atoms with van der Waals surface area (Å²) in [5.41, 5.74) is 2.61. The van der Waals surface area contributed by atoms with Gasteiger partial charge in [-0.05, 0) is 35.8 Å². The van der Waals surface area contributed by atoms with Gasteiger partial charge in [0, 0.05) is 12.1 Å². The molecule has 0 aliphatic rings. The summed E-state index contributed by atoms with van der Waals surface area (Å²) in [7, 11) is 0. The highest BCUT2D eigenvalue weighted by Gasteiger charge is 2.13. The third kappa shape index (κ3) is 10.5. The second kappa shape index (κ2) is 16.0. The van der Waals surface area contributed by atoms with Crippen LogP contribution in [0.5, 0.6) is 5.75 Å². The molecule has 1 aromatic heterocycles. The minimum absolute atomic E-state index is 0.0835. The molecular formula is C28H39NO5. The van der Waals surface area contributed by atoms with Crippen LogP contribution in [-0.4, -0.2) is 39.5 Å². The molecule has 1 atom stereocenters. The lowest BCUT2D eigenvalue weighted by Crippen LogP contribution is -2.07. The van der Waals surface area contributed by atoms with E-state index in [4.69, 9.17) is 9.84 Å². The van der Waals surface area contributed by atoms with Crippen LogP contribution in [0.2, 0.25) is 0 Å². The summed E-state index contributed by atoms with van der Waals surface area (Å²) >= 11 is 0. The van der Waals surface area contributed by atoms with Crippen molar-refractivity contribution in [3.8, 4) is 5.75 Å². The molecule has 0 spiro atoms. The molecule has 1 aromatic carbocycles. The topological polar surface area (TPSA) is 99.9 Å². The van der Waals surface area contributed by atoms with Crippen molar-refractivity contribution < 1.29 is 24.9 Å². The number of nitrogens with zero attached hydrogens (tertiary/aromatic N) is 1. The predicted octanol–water partition coefficient (Wildman–Crippen LogP) is 5.51. The van der Waals surface area contributed by atoms with Gasteiger partial charge in [0.15, 0.2) is 0 Å². The van der Waals surface area contributed by atoms with E-state index in [9.17, 15) is 15.0 Å². The number of carboxylic acids is 1. The standard InChI is InChI=1S/C28H39NO5/c1-2-3-4-5-6-7-8-9-18-34-27-16-15-24(29-25(27)14-11-17-30)21-26(31)23-13-10-12-22(19-23)20-28(32)33/h10-16,19,26,30-31H,2-9,17-18,20-21H2,1H3,(H,32,33). The van der Waals surface area contributed by atoms with Crippen molar-refractivity contribution in [3.05, 3.63) is 65.0 Å². The zero-order chi connectivity index (χ0) is 24.6. The predicted molar refractivity (Wildman–Crippen MR) is 135 cm³/mol. The highest BCUT2D eigenvalue weighted by molar-refractivity contribution is 5.70. The minimum Gasteiger partial charge on any atom is -0.491 e. The summed E-state index contributed by atoms with van der Waals surface area (Å²) in [6.45, 7) is 2.75. The van der Waals surface area contributed by atoms with Crippen molar-refractivity contribution in [2.45, 2.75) is 77.2 Å². The molecule has 186 valence electrons. The molecule has 0 radical (unpaired) electrons. The van der Waals surface area contributed by atoms with Crippen LogP contribution in [-0.2, 0) is 17.6 Å². The summed E-state index contributed by atoms with van der Waals surface area (Å²) < 4.78 is 5.96. The van der Waals surface area contributed by atoms with Crippen LogP contribution in [0, 0.1) is 0 Å². The lowest BCUT2D eigenvalue weighted by Gasteiger charge is -2.14. The Morgan fingerprint density at radius 2 is 1.79 bits per heavy atom. The van der Waals surface area contributed by atoms with E-state index >= 15 is 0 Å². The largest absolute Gasteiger partial charge is 0.491 e. The van der Waals surface area contributed by atoms with Gasteiger partial charge in [0.2, 0.25) is 0 Å². The minimum atomic E-state index is -0.906. The molecule has 0 aliphatic heterocycles. The van der Waals surface area contributed by atoms with Crippen LogP contribution < -0.4 is 4.74 Å². The van der Waals surface area contributed by atoms with Gasteiger partial charge < -0.3 is 20.1 Å². The molecule has 1 heterocycles. The van der Waals surface area contributed by atoms with E-state index in [1.54, 1.807) is 36.4 Å². The number of aliphatic carboxylic acids is 1. The first kappa shape index (κ1) is 27.5. The Labute approximate surface area is 203 Å². The number of hydrogen-bond acceptors (Lipinski definition) is 5. The number of unbranched alkanes of at least 4 members (excludes halogenated alkanes) is 7. The smallest absolute Gasteiger partial charge is 0.307 e. The number of aliphatic hydroxyl groups excluding tert-OH is 2. The Morgan fingerprint density at radius 1 is 1.06 bits per heavy atom. The number of carboxylic acid groups (broad SMARTS) is 1. The number of benzene rings is 1. The van der Waals surface area contributed by atoms with Gasteiger partial charge in [0.25, 0.3) is 0 Å². The average molecular weight is 470 g/mol. The maximum Gasteiger partial charge on any atom is 0.307 e. The fourth-order valence-corrected chi connectivity index (χ4v) is 3.84. The van der Waals surface area contributed by atoms with Gasteiger partial charge in [-0.25, -0.2) is 4.98 Å². The Hall–Kier alpha value is -2.70. The lowest BCUT2D eigenvalue weighted by atomic mass is 10.0. The molecule has 0 saturated heterocycles. The summed E-state index contributed by atoms with van der Waals surface area (Å²) in [6.07, 6.45) is 12.6. The summed E-state index contributed by atoms with van der Waals surface area (Å²) in [5, 5.41) is 28.9. The Kier molecular flexibility index (Phi) is 13.0. The second-order valence-corrected chi connectivity index (χ2v) is 8.63. The maximum atomic E-state index is 11.0. The Balaban J connectivity index is 1.93. The number of ether oxygens (including phenoxy) is 1. The van der Waals surface area contributed by atoms with Crippen LogP contribution in [0.1, 0.15) is 86.9 Å². The first-order chi connectivity index (χ1) is 16.5. The summed E-state index contributed by atoms with van der Waals surface area (Å²) in [4.78, 5) is 15.6. The maximum absolute atomic E-state index is 11.0. The zero-order valence-electron chi connectivity index (χ0n) is 20.3. The second-order valence-electron chi connectivity index (χ2n) is 8.63. The van der Waals surface area contributed by atoms with E-state index in [0.717, 1.165) is 12.8 Å². The van der Waals surface area contributed by atoms with E-state index in [1.165, 1.54) is 38.5 Å². The Bertz CT molecular complexity index is 896. The van der Waals surface area contributed by atoms with Crippen molar-refractivity contribution in [1.29, 1.82) is 0 Å². The van der Waals surface area contributed by atoms with E-state index < -0.39 is 12.1 Å². The molecule has 34 heavy (non-hydrogen) atoms. The molecule has 0 bridgehead atoms. The molecule has 0 aliphatic carbocycles. The monoisotopic (exact) mass is 469 g/mol. The molecule has 0 saturated carbocycles. The van der Waals surface area contributed by atoms with Gasteiger partial charge in [0.05, 0.1) is 25.7 Å². The van der Waals surface area contributed by atoms with Crippen molar-refractivity contribution >= 4 is 12.0 Å². The molecule has 0 fully saturated rings. The van der Waals surface area contributed by atoms with Crippen molar-refractivity contribution in [2.24, 2.45) is 0 Å². The molecule has 3 N–H and O–H groups in total. The summed E-state index contributed by atoms with van der Waals surface area (Å²) in [5.74, 6) is -0.245. The first-order valence-corrected chi connectivity index (χ1v) is 12.4. The highest BCUT2D eigenvalue weighted by Crippen LogP contribution is 2.24. The third-order valence-electron chi connectivity index (χ3n) is 5.67. The number of aliphatic hydroxyl groups is 2. The van der Waals surface area contributed by atoms with E-state index in [0.29, 0.717) is 34.9 Å². The van der Waals surface area contributed by atoms with Gasteiger partial charge >= 0.3 is 5.97 Å². The molecule has 2 aromatic rings.